The van der Waals surface area contributed by atoms with Crippen LogP contribution in [0, 0.1) is 6.92 Å². The van der Waals surface area contributed by atoms with Gasteiger partial charge in [-0.3, -0.25) is 4.79 Å². The number of rotatable bonds is 3. The van der Waals surface area contributed by atoms with Gasteiger partial charge in [0.25, 0.3) is 5.91 Å². The highest BCUT2D eigenvalue weighted by Crippen LogP contribution is 2.18. The van der Waals surface area contributed by atoms with Crippen LogP contribution in [0.1, 0.15) is 20.8 Å². The maximum absolute atomic E-state index is 12.1. The maximum Gasteiger partial charge on any atom is 0.264 e. The van der Waals surface area contributed by atoms with Crippen molar-refractivity contribution in [1.29, 1.82) is 0 Å². The van der Waals surface area contributed by atoms with Gasteiger partial charge >= 0.3 is 0 Å². The molecular weight excluding hydrogens is 238 g/mol. The highest BCUT2D eigenvalue weighted by Gasteiger charge is 2.15. The first-order chi connectivity index (χ1) is 7.68. The Morgan fingerprint density at radius 2 is 2.19 bits per heavy atom. The molecule has 4 heteroatoms. The van der Waals surface area contributed by atoms with Crippen LogP contribution in [0.4, 0.5) is 0 Å². The summed E-state index contributed by atoms with van der Waals surface area (Å²) < 4.78 is 0. The molecule has 1 amide bonds. The predicted octanol–water partition coefficient (Wildman–Crippen LogP) is 3.39. The zero-order chi connectivity index (χ0) is 11.5. The van der Waals surface area contributed by atoms with Gasteiger partial charge in [0.05, 0.1) is 4.88 Å². The second-order valence-electron chi connectivity index (χ2n) is 3.73. The molecule has 0 aliphatic heterocycles. The van der Waals surface area contributed by atoms with Crippen molar-refractivity contribution in [1.82, 2.24) is 4.90 Å². The monoisotopic (exact) mass is 251 g/mol. The summed E-state index contributed by atoms with van der Waals surface area (Å²) in [5, 5.41) is 6.07. The highest BCUT2D eigenvalue weighted by atomic mass is 32.1. The Hall–Kier alpha value is -1.13. The van der Waals surface area contributed by atoms with Gasteiger partial charge in [-0.05, 0) is 46.3 Å². The third kappa shape index (κ3) is 2.33. The first-order valence-corrected chi connectivity index (χ1v) is 6.81. The van der Waals surface area contributed by atoms with Crippen LogP contribution in [0.3, 0.4) is 0 Å². The van der Waals surface area contributed by atoms with Crippen molar-refractivity contribution in [3.8, 4) is 0 Å². The lowest BCUT2D eigenvalue weighted by Gasteiger charge is -2.15. The minimum absolute atomic E-state index is 0.110. The molecule has 2 rings (SSSR count). The van der Waals surface area contributed by atoms with E-state index in [1.807, 2.05) is 30.8 Å². The quantitative estimate of drug-likeness (QED) is 0.819. The smallest absolute Gasteiger partial charge is 0.264 e. The molecular formula is C12H13NOS2. The minimum atomic E-state index is 0.110. The van der Waals surface area contributed by atoms with Crippen molar-refractivity contribution in [3.05, 3.63) is 44.3 Å². The van der Waals surface area contributed by atoms with E-state index in [9.17, 15) is 4.79 Å². The van der Waals surface area contributed by atoms with Gasteiger partial charge in [0, 0.05) is 13.6 Å². The summed E-state index contributed by atoms with van der Waals surface area (Å²) in [4.78, 5) is 14.7. The number of amides is 1. The zero-order valence-corrected chi connectivity index (χ0v) is 10.9. The lowest BCUT2D eigenvalue weighted by molar-refractivity contribution is 0.0789. The van der Waals surface area contributed by atoms with E-state index in [4.69, 9.17) is 0 Å². The largest absolute Gasteiger partial charge is 0.337 e. The molecule has 0 spiro atoms. The zero-order valence-electron chi connectivity index (χ0n) is 9.27. The van der Waals surface area contributed by atoms with Crippen molar-refractivity contribution in [2.45, 2.75) is 13.5 Å². The first kappa shape index (κ1) is 11.4. The fourth-order valence-corrected chi connectivity index (χ4v) is 3.07. The fourth-order valence-electron chi connectivity index (χ4n) is 1.49. The molecule has 0 fully saturated rings. The van der Waals surface area contributed by atoms with E-state index >= 15 is 0 Å². The van der Waals surface area contributed by atoms with Crippen LogP contribution >= 0.6 is 22.7 Å². The number of nitrogens with zero attached hydrogens (tertiary/aromatic N) is 1. The van der Waals surface area contributed by atoms with Crippen LogP contribution in [-0.2, 0) is 6.54 Å². The molecule has 0 saturated carbocycles. The van der Waals surface area contributed by atoms with E-state index in [0.29, 0.717) is 6.54 Å². The van der Waals surface area contributed by atoms with E-state index in [1.165, 1.54) is 16.9 Å². The van der Waals surface area contributed by atoms with E-state index < -0.39 is 0 Å². The molecule has 0 aromatic carbocycles. The molecule has 84 valence electrons. The summed E-state index contributed by atoms with van der Waals surface area (Å²) in [5.74, 6) is 0.110. The molecule has 0 aliphatic carbocycles. The van der Waals surface area contributed by atoms with Crippen LogP contribution in [0.5, 0.6) is 0 Å². The van der Waals surface area contributed by atoms with E-state index in [1.54, 1.807) is 16.2 Å². The topological polar surface area (TPSA) is 20.3 Å². The molecule has 0 aliphatic rings. The van der Waals surface area contributed by atoms with Crippen molar-refractivity contribution in [2.24, 2.45) is 0 Å². The molecule has 0 atom stereocenters. The molecule has 2 heterocycles. The molecule has 0 unspecified atom stereocenters. The third-order valence-corrected chi connectivity index (χ3v) is 4.14. The molecule has 0 N–H and O–H groups in total. The van der Waals surface area contributed by atoms with Crippen molar-refractivity contribution in [2.75, 3.05) is 7.05 Å². The van der Waals surface area contributed by atoms with Gasteiger partial charge in [-0.2, -0.15) is 11.3 Å². The lowest BCUT2D eigenvalue weighted by atomic mass is 10.2. The van der Waals surface area contributed by atoms with Gasteiger partial charge in [-0.1, -0.05) is 0 Å². The average Bonchev–Trinajstić information content (AvgIpc) is 2.88. The van der Waals surface area contributed by atoms with Gasteiger partial charge < -0.3 is 4.90 Å². The summed E-state index contributed by atoms with van der Waals surface area (Å²) in [5.41, 5.74) is 2.25. The Labute approximate surface area is 103 Å². The number of hydrogen-bond donors (Lipinski definition) is 0. The Kier molecular flexibility index (Phi) is 3.41. The number of hydrogen-bond acceptors (Lipinski definition) is 3. The standard InChI is InChI=1S/C12H13NOS2/c1-9-3-6-16-11(9)12(14)13(2)7-10-4-5-15-8-10/h3-6,8H,7H2,1-2H3. The van der Waals surface area contributed by atoms with Gasteiger partial charge in [-0.25, -0.2) is 0 Å². The lowest BCUT2D eigenvalue weighted by Crippen LogP contribution is -2.25. The SMILES string of the molecule is Cc1ccsc1C(=O)N(C)Cc1ccsc1. The first-order valence-electron chi connectivity index (χ1n) is 4.99. The van der Waals surface area contributed by atoms with Gasteiger partial charge in [0.1, 0.15) is 0 Å². The number of carbonyl (C=O) groups excluding carboxylic acids is 1. The van der Waals surface area contributed by atoms with Crippen LogP contribution in [-0.4, -0.2) is 17.9 Å². The second-order valence-corrected chi connectivity index (χ2v) is 5.42. The van der Waals surface area contributed by atoms with Crippen LogP contribution in [0.25, 0.3) is 0 Å². The molecule has 16 heavy (non-hydrogen) atoms. The summed E-state index contributed by atoms with van der Waals surface area (Å²) in [7, 11) is 1.85. The number of carbonyl (C=O) groups is 1. The molecule has 0 bridgehead atoms. The Bertz CT molecular complexity index is 473. The normalized spacial score (nSPS) is 10.4. The van der Waals surface area contributed by atoms with Gasteiger partial charge in [-0.15, -0.1) is 11.3 Å². The van der Waals surface area contributed by atoms with E-state index in [0.717, 1.165) is 10.4 Å². The van der Waals surface area contributed by atoms with E-state index in [-0.39, 0.29) is 5.91 Å². The van der Waals surface area contributed by atoms with Gasteiger partial charge in [0.2, 0.25) is 0 Å². The van der Waals surface area contributed by atoms with Gasteiger partial charge in [0.15, 0.2) is 0 Å². The summed E-state index contributed by atoms with van der Waals surface area (Å²) in [6.45, 7) is 2.65. The second kappa shape index (κ2) is 4.80. The van der Waals surface area contributed by atoms with Crippen LogP contribution < -0.4 is 0 Å². The molecule has 0 radical (unpaired) electrons. The number of thiophene rings is 2. The van der Waals surface area contributed by atoms with E-state index in [2.05, 4.69) is 11.4 Å². The average molecular weight is 251 g/mol. The summed E-state index contributed by atoms with van der Waals surface area (Å²) in [6, 6.07) is 4.03. The fraction of sp³-hybridized carbons (Fsp3) is 0.250. The molecule has 0 saturated heterocycles. The molecule has 2 aromatic heterocycles. The Morgan fingerprint density at radius 3 is 2.75 bits per heavy atom. The van der Waals surface area contributed by atoms with Crippen LogP contribution in [0.15, 0.2) is 28.3 Å². The molecule has 2 aromatic rings. The maximum atomic E-state index is 12.1. The Balaban J connectivity index is 2.08. The summed E-state index contributed by atoms with van der Waals surface area (Å²) in [6.07, 6.45) is 0. The number of aryl methyl sites for hydroxylation is 1. The van der Waals surface area contributed by atoms with Crippen molar-refractivity contribution >= 4 is 28.6 Å². The minimum Gasteiger partial charge on any atom is -0.337 e. The van der Waals surface area contributed by atoms with Crippen molar-refractivity contribution < 1.29 is 4.79 Å². The highest BCUT2D eigenvalue weighted by molar-refractivity contribution is 7.12. The third-order valence-electron chi connectivity index (χ3n) is 2.40. The summed E-state index contributed by atoms with van der Waals surface area (Å²) >= 11 is 3.17. The Morgan fingerprint density at radius 1 is 1.38 bits per heavy atom. The van der Waals surface area contributed by atoms with Crippen LogP contribution in [0.2, 0.25) is 0 Å². The van der Waals surface area contributed by atoms with Crippen molar-refractivity contribution in [3.63, 3.8) is 0 Å². The predicted molar refractivity (Wildman–Crippen MR) is 69.2 cm³/mol. The molecule has 2 nitrogen and oxygen atoms in total.